The van der Waals surface area contributed by atoms with Gasteiger partial charge in [-0.25, -0.2) is 13.6 Å². The Bertz CT molecular complexity index is 826. The largest absolute Gasteiger partial charge is 0.466 e. The highest BCUT2D eigenvalue weighted by atomic mass is 32.2. The number of anilines is 1. The van der Waals surface area contributed by atoms with Crippen LogP contribution in [0.5, 0.6) is 0 Å². The highest BCUT2D eigenvalue weighted by Gasteiger charge is 2.36. The zero-order chi connectivity index (χ0) is 17.4. The number of sulfonamides is 1. The van der Waals surface area contributed by atoms with Gasteiger partial charge in [-0.15, -0.1) is 0 Å². The monoisotopic (exact) mass is 348 g/mol. The molecule has 2 rings (SSSR count). The van der Waals surface area contributed by atoms with Crippen LogP contribution >= 0.6 is 0 Å². The number of rotatable bonds is 4. The number of hydrogen-bond acceptors (Lipinski definition) is 4. The van der Waals surface area contributed by atoms with Gasteiger partial charge in [0.05, 0.1) is 10.5 Å². The molecule has 0 saturated heterocycles. The summed E-state index contributed by atoms with van der Waals surface area (Å²) in [7, 11) is -4.47. The third-order valence-corrected chi connectivity index (χ3v) is 4.19. The standard InChI is InChI=1S/C14H15F3N2O3S/c1-8-5-10(9(2)22-8)7-19-11-3-4-13(23(18,20)21)12(6-11)14(15,16)17/h3-6,19H,7H2,1-2H3,(H2,18,20,21). The van der Waals surface area contributed by atoms with Crippen molar-refractivity contribution in [3.8, 4) is 0 Å². The maximum Gasteiger partial charge on any atom is 0.417 e. The quantitative estimate of drug-likeness (QED) is 0.889. The first kappa shape index (κ1) is 17.4. The van der Waals surface area contributed by atoms with Crippen LogP contribution < -0.4 is 10.5 Å². The number of halogens is 3. The van der Waals surface area contributed by atoms with Gasteiger partial charge in [-0.2, -0.15) is 13.2 Å². The summed E-state index contributed by atoms with van der Waals surface area (Å²) in [5.74, 6) is 1.35. The lowest BCUT2D eigenvalue weighted by molar-refractivity contribution is -0.139. The van der Waals surface area contributed by atoms with Gasteiger partial charge in [0.2, 0.25) is 10.0 Å². The number of furan rings is 1. The van der Waals surface area contributed by atoms with E-state index in [2.05, 4.69) is 5.32 Å². The highest BCUT2D eigenvalue weighted by molar-refractivity contribution is 7.89. The van der Waals surface area contributed by atoms with E-state index in [1.165, 1.54) is 6.07 Å². The van der Waals surface area contributed by atoms with E-state index in [0.29, 0.717) is 11.5 Å². The van der Waals surface area contributed by atoms with Crippen molar-refractivity contribution >= 4 is 15.7 Å². The SMILES string of the molecule is Cc1cc(CNc2ccc(S(N)(=O)=O)c(C(F)(F)F)c2)c(C)o1. The molecule has 0 unspecified atom stereocenters. The van der Waals surface area contributed by atoms with Crippen LogP contribution in [-0.2, 0) is 22.7 Å². The van der Waals surface area contributed by atoms with Gasteiger partial charge in [-0.3, -0.25) is 0 Å². The van der Waals surface area contributed by atoms with E-state index in [1.807, 2.05) is 0 Å². The number of nitrogens with two attached hydrogens (primary N) is 1. The summed E-state index contributed by atoms with van der Waals surface area (Å²) in [6.45, 7) is 3.75. The van der Waals surface area contributed by atoms with Gasteiger partial charge in [0.1, 0.15) is 11.5 Å². The molecule has 0 aliphatic rings. The molecule has 1 heterocycles. The van der Waals surface area contributed by atoms with Crippen molar-refractivity contribution in [2.45, 2.75) is 31.5 Å². The van der Waals surface area contributed by atoms with Gasteiger partial charge < -0.3 is 9.73 Å². The Morgan fingerprint density at radius 2 is 1.87 bits per heavy atom. The normalized spacial score (nSPS) is 12.4. The molecule has 0 fully saturated rings. The minimum absolute atomic E-state index is 0.128. The summed E-state index contributed by atoms with van der Waals surface area (Å²) in [4.78, 5) is -0.953. The molecule has 5 nitrogen and oxygen atoms in total. The fourth-order valence-electron chi connectivity index (χ4n) is 2.17. The van der Waals surface area contributed by atoms with Crippen molar-refractivity contribution in [1.29, 1.82) is 0 Å². The van der Waals surface area contributed by atoms with Gasteiger partial charge in [0.25, 0.3) is 0 Å². The molecule has 126 valence electrons. The molecule has 0 amide bonds. The lowest BCUT2D eigenvalue weighted by Gasteiger charge is -2.14. The molecule has 3 N–H and O–H groups in total. The van der Waals surface area contributed by atoms with Crippen LogP contribution in [0.4, 0.5) is 18.9 Å². The van der Waals surface area contributed by atoms with E-state index in [-0.39, 0.29) is 12.2 Å². The fourth-order valence-corrected chi connectivity index (χ4v) is 2.90. The third kappa shape index (κ3) is 4.05. The lowest BCUT2D eigenvalue weighted by Crippen LogP contribution is -2.19. The van der Waals surface area contributed by atoms with Crippen LogP contribution in [0.15, 0.2) is 33.6 Å². The molecule has 1 aromatic heterocycles. The number of alkyl halides is 3. The van der Waals surface area contributed by atoms with Gasteiger partial charge in [-0.05, 0) is 38.1 Å². The minimum atomic E-state index is -4.83. The number of benzene rings is 1. The van der Waals surface area contributed by atoms with Crippen molar-refractivity contribution in [2.24, 2.45) is 5.14 Å². The molecule has 0 radical (unpaired) electrons. The first-order valence-electron chi connectivity index (χ1n) is 6.52. The molecule has 0 saturated carbocycles. The molecular formula is C14H15F3N2O3S. The number of nitrogens with one attached hydrogen (secondary N) is 1. The van der Waals surface area contributed by atoms with Crippen LogP contribution in [0.25, 0.3) is 0 Å². The molecule has 0 bridgehead atoms. The fraction of sp³-hybridized carbons (Fsp3) is 0.286. The van der Waals surface area contributed by atoms with Crippen molar-refractivity contribution < 1.29 is 26.0 Å². The Morgan fingerprint density at radius 3 is 2.35 bits per heavy atom. The third-order valence-electron chi connectivity index (χ3n) is 3.22. The average molecular weight is 348 g/mol. The number of aryl methyl sites for hydroxylation is 2. The van der Waals surface area contributed by atoms with Crippen LogP contribution in [-0.4, -0.2) is 8.42 Å². The summed E-state index contributed by atoms with van der Waals surface area (Å²) in [6.07, 6.45) is -4.83. The van der Waals surface area contributed by atoms with E-state index in [1.54, 1.807) is 19.9 Å². The lowest BCUT2D eigenvalue weighted by atomic mass is 10.2. The zero-order valence-electron chi connectivity index (χ0n) is 12.4. The van der Waals surface area contributed by atoms with Crippen LogP contribution in [0.2, 0.25) is 0 Å². The molecule has 0 spiro atoms. The smallest absolute Gasteiger partial charge is 0.417 e. The zero-order valence-corrected chi connectivity index (χ0v) is 13.2. The second kappa shape index (κ2) is 5.89. The van der Waals surface area contributed by atoms with E-state index in [0.717, 1.165) is 17.7 Å². The second-order valence-electron chi connectivity index (χ2n) is 5.05. The maximum absolute atomic E-state index is 13.0. The topological polar surface area (TPSA) is 85.3 Å². The molecular weight excluding hydrogens is 333 g/mol. The predicted molar refractivity (Wildman–Crippen MR) is 78.3 cm³/mol. The van der Waals surface area contributed by atoms with Crippen LogP contribution in [0.1, 0.15) is 22.6 Å². The Hall–Kier alpha value is -2.00. The van der Waals surface area contributed by atoms with Gasteiger partial charge >= 0.3 is 6.18 Å². The predicted octanol–water partition coefficient (Wildman–Crippen LogP) is 3.17. The maximum atomic E-state index is 13.0. The molecule has 23 heavy (non-hydrogen) atoms. The van der Waals surface area contributed by atoms with E-state index in [9.17, 15) is 21.6 Å². The van der Waals surface area contributed by atoms with E-state index < -0.39 is 26.7 Å². The Kier molecular flexibility index (Phi) is 4.45. The van der Waals surface area contributed by atoms with Crippen molar-refractivity contribution in [1.82, 2.24) is 0 Å². The Balaban J connectivity index is 2.33. The molecule has 9 heteroatoms. The van der Waals surface area contributed by atoms with Gasteiger partial charge in [0.15, 0.2) is 0 Å². The van der Waals surface area contributed by atoms with Crippen LogP contribution in [0, 0.1) is 13.8 Å². The first-order chi connectivity index (χ1) is 10.5. The van der Waals surface area contributed by atoms with E-state index in [4.69, 9.17) is 9.56 Å². The van der Waals surface area contributed by atoms with Crippen LogP contribution in [0.3, 0.4) is 0 Å². The first-order valence-corrected chi connectivity index (χ1v) is 8.07. The number of primary sulfonamides is 1. The number of hydrogen-bond donors (Lipinski definition) is 2. The molecule has 0 aliphatic heterocycles. The van der Waals surface area contributed by atoms with Crippen molar-refractivity contribution in [3.63, 3.8) is 0 Å². The summed E-state index contributed by atoms with van der Waals surface area (Å²) < 4.78 is 67.0. The van der Waals surface area contributed by atoms with Crippen molar-refractivity contribution in [2.75, 3.05) is 5.32 Å². The second-order valence-corrected chi connectivity index (χ2v) is 6.58. The Labute approximate surface area is 131 Å². The minimum Gasteiger partial charge on any atom is -0.466 e. The summed E-state index contributed by atoms with van der Waals surface area (Å²) in [6, 6.07) is 4.57. The average Bonchev–Trinajstić information content (AvgIpc) is 2.72. The summed E-state index contributed by atoms with van der Waals surface area (Å²) in [5, 5.41) is 7.64. The van der Waals surface area contributed by atoms with Crippen molar-refractivity contribution in [3.05, 3.63) is 46.9 Å². The highest BCUT2D eigenvalue weighted by Crippen LogP contribution is 2.35. The van der Waals surface area contributed by atoms with Gasteiger partial charge in [0, 0.05) is 17.8 Å². The molecule has 2 aromatic rings. The summed E-state index contributed by atoms with van der Waals surface area (Å²) in [5.41, 5.74) is -0.375. The molecule has 1 aromatic carbocycles. The van der Waals surface area contributed by atoms with E-state index >= 15 is 0 Å². The Morgan fingerprint density at radius 1 is 1.22 bits per heavy atom. The van der Waals surface area contributed by atoms with Gasteiger partial charge in [-0.1, -0.05) is 0 Å². The molecule has 0 atom stereocenters. The summed E-state index contributed by atoms with van der Waals surface area (Å²) >= 11 is 0. The molecule has 0 aliphatic carbocycles.